The third kappa shape index (κ3) is 4.55. The van der Waals surface area contributed by atoms with E-state index in [1.165, 1.54) is 18.3 Å². The van der Waals surface area contributed by atoms with E-state index < -0.39 is 34.0 Å². The van der Waals surface area contributed by atoms with Crippen molar-refractivity contribution in [3.63, 3.8) is 0 Å². The molecule has 0 saturated carbocycles. The first kappa shape index (κ1) is 22.0. The van der Waals surface area contributed by atoms with Crippen molar-refractivity contribution in [2.24, 2.45) is 0 Å². The van der Waals surface area contributed by atoms with Crippen molar-refractivity contribution in [2.45, 2.75) is 43.7 Å². The van der Waals surface area contributed by atoms with E-state index >= 15 is 0 Å². The van der Waals surface area contributed by atoms with Crippen LogP contribution in [0.1, 0.15) is 36.1 Å². The smallest absolute Gasteiger partial charge is 0.328 e. The van der Waals surface area contributed by atoms with Crippen LogP contribution < -0.4 is 5.32 Å². The van der Waals surface area contributed by atoms with Gasteiger partial charge in [0.15, 0.2) is 0 Å². The van der Waals surface area contributed by atoms with Gasteiger partial charge in [-0.1, -0.05) is 42.0 Å². The molecule has 0 radical (unpaired) electrons. The van der Waals surface area contributed by atoms with E-state index in [-0.39, 0.29) is 17.9 Å². The number of nitrogens with zero attached hydrogens (tertiary/aromatic N) is 1. The molecule has 2 aromatic carbocycles. The Hall–Kier alpha value is -2.71. The maximum atomic E-state index is 13.4. The molecule has 0 fully saturated rings. The van der Waals surface area contributed by atoms with Gasteiger partial charge in [-0.3, -0.25) is 4.79 Å². The van der Waals surface area contributed by atoms with Gasteiger partial charge in [0.1, 0.15) is 6.04 Å². The van der Waals surface area contributed by atoms with Crippen molar-refractivity contribution >= 4 is 21.9 Å². The molecule has 0 spiro atoms. The monoisotopic (exact) mass is 430 g/mol. The number of fused-ring (bicyclic) bond motifs is 1. The fraction of sp³-hybridized carbons (Fsp3) is 0.364. The summed E-state index contributed by atoms with van der Waals surface area (Å²) in [4.78, 5) is 24.5. The predicted molar refractivity (Wildman–Crippen MR) is 112 cm³/mol. The molecule has 7 nitrogen and oxygen atoms in total. The highest BCUT2D eigenvalue weighted by Gasteiger charge is 2.37. The fourth-order valence-electron chi connectivity index (χ4n) is 3.69. The second-order valence-electron chi connectivity index (χ2n) is 7.41. The molecular formula is C22H26N2O5S. The Labute approximate surface area is 177 Å². The third-order valence-corrected chi connectivity index (χ3v) is 7.22. The normalized spacial score (nSPS) is 17.6. The molecule has 30 heavy (non-hydrogen) atoms. The molecule has 2 aromatic rings. The lowest BCUT2D eigenvalue weighted by molar-refractivity contribution is -0.144. The molecule has 0 bridgehead atoms. The minimum atomic E-state index is -3.80. The number of rotatable bonds is 6. The van der Waals surface area contributed by atoms with Gasteiger partial charge in [0.05, 0.1) is 18.0 Å². The first-order valence-corrected chi connectivity index (χ1v) is 11.2. The Morgan fingerprint density at radius 3 is 2.50 bits per heavy atom. The predicted octanol–water partition coefficient (Wildman–Crippen LogP) is 2.35. The molecule has 8 heteroatoms. The number of methoxy groups -OCH3 is 1. The largest absolute Gasteiger partial charge is 0.467 e. The summed E-state index contributed by atoms with van der Waals surface area (Å²) >= 11 is 0. The summed E-state index contributed by atoms with van der Waals surface area (Å²) in [7, 11) is -2.56. The van der Waals surface area contributed by atoms with Crippen molar-refractivity contribution in [2.75, 3.05) is 13.7 Å². The molecule has 1 aliphatic heterocycles. The topological polar surface area (TPSA) is 92.8 Å². The van der Waals surface area contributed by atoms with E-state index in [0.717, 1.165) is 16.7 Å². The molecule has 0 aromatic heterocycles. The SMILES string of the molecule is COC(=O)[C@@H](C)NC(=O)CC1c2ccccc2CCN1S(=O)(=O)c1ccc(C)cc1. The summed E-state index contributed by atoms with van der Waals surface area (Å²) in [6.07, 6.45) is 0.474. The van der Waals surface area contributed by atoms with Crippen LogP contribution in [0.2, 0.25) is 0 Å². The molecule has 1 aliphatic rings. The summed E-state index contributed by atoms with van der Waals surface area (Å²) in [5.74, 6) is -0.977. The summed E-state index contributed by atoms with van der Waals surface area (Å²) in [6.45, 7) is 3.69. The van der Waals surface area contributed by atoms with Crippen LogP contribution in [0.25, 0.3) is 0 Å². The van der Waals surface area contributed by atoms with Crippen LogP contribution >= 0.6 is 0 Å². The lowest BCUT2D eigenvalue weighted by atomic mass is 9.92. The zero-order valence-electron chi connectivity index (χ0n) is 17.3. The summed E-state index contributed by atoms with van der Waals surface area (Å²) in [5.41, 5.74) is 2.79. The number of hydrogen-bond donors (Lipinski definition) is 1. The van der Waals surface area contributed by atoms with E-state index in [1.54, 1.807) is 24.3 Å². The maximum absolute atomic E-state index is 13.4. The minimum Gasteiger partial charge on any atom is -0.467 e. The fourth-order valence-corrected chi connectivity index (χ4v) is 5.29. The molecule has 0 aliphatic carbocycles. The van der Waals surface area contributed by atoms with Gasteiger partial charge in [0, 0.05) is 13.0 Å². The lowest BCUT2D eigenvalue weighted by Crippen LogP contribution is -2.44. The second-order valence-corrected chi connectivity index (χ2v) is 9.30. The van der Waals surface area contributed by atoms with Crippen LogP contribution in [0.4, 0.5) is 0 Å². The molecule has 1 heterocycles. The van der Waals surface area contributed by atoms with Crippen LogP contribution in [0, 0.1) is 6.92 Å². The average molecular weight is 431 g/mol. The van der Waals surface area contributed by atoms with Crippen molar-refractivity contribution < 1.29 is 22.7 Å². The van der Waals surface area contributed by atoms with Gasteiger partial charge in [0.2, 0.25) is 15.9 Å². The molecule has 2 atom stereocenters. The van der Waals surface area contributed by atoms with Crippen LogP contribution in [0.5, 0.6) is 0 Å². The molecule has 160 valence electrons. The van der Waals surface area contributed by atoms with Gasteiger partial charge in [-0.25, -0.2) is 13.2 Å². The Balaban J connectivity index is 1.93. The highest BCUT2D eigenvalue weighted by atomic mass is 32.2. The first-order chi connectivity index (χ1) is 14.2. The molecule has 1 unspecified atom stereocenters. The molecule has 3 rings (SSSR count). The molecule has 1 amide bonds. The Kier molecular flexibility index (Phi) is 6.58. The van der Waals surface area contributed by atoms with Gasteiger partial charge in [-0.2, -0.15) is 4.31 Å². The molecule has 0 saturated heterocycles. The van der Waals surface area contributed by atoms with Gasteiger partial charge in [-0.15, -0.1) is 0 Å². The standard InChI is InChI=1S/C22H26N2O5S/c1-15-8-10-18(11-9-15)30(27,28)24-13-12-17-6-4-5-7-19(17)20(24)14-21(25)23-16(2)22(26)29-3/h4-11,16,20H,12-14H2,1-3H3,(H,23,25)/t16-,20?/m1/s1. The van der Waals surface area contributed by atoms with Crippen LogP contribution in [-0.2, 0) is 30.8 Å². The van der Waals surface area contributed by atoms with E-state index in [4.69, 9.17) is 0 Å². The van der Waals surface area contributed by atoms with E-state index in [0.29, 0.717) is 6.42 Å². The van der Waals surface area contributed by atoms with Gasteiger partial charge in [0.25, 0.3) is 0 Å². The van der Waals surface area contributed by atoms with E-state index in [1.807, 2.05) is 31.2 Å². The van der Waals surface area contributed by atoms with Gasteiger partial charge in [-0.05, 0) is 43.5 Å². The van der Waals surface area contributed by atoms with E-state index in [9.17, 15) is 18.0 Å². The summed E-state index contributed by atoms with van der Waals surface area (Å²) < 4.78 is 32.8. The Bertz CT molecular complexity index is 1030. The zero-order chi connectivity index (χ0) is 21.9. The van der Waals surface area contributed by atoms with Gasteiger partial charge >= 0.3 is 5.97 Å². The number of esters is 1. The first-order valence-electron chi connectivity index (χ1n) is 9.77. The number of carbonyl (C=O) groups excluding carboxylic acids is 2. The number of ether oxygens (including phenoxy) is 1. The number of benzene rings is 2. The minimum absolute atomic E-state index is 0.0938. The average Bonchev–Trinajstić information content (AvgIpc) is 2.73. The number of sulfonamides is 1. The number of carbonyl (C=O) groups is 2. The number of nitrogens with one attached hydrogen (secondary N) is 1. The highest BCUT2D eigenvalue weighted by Crippen LogP contribution is 2.36. The van der Waals surface area contributed by atoms with Gasteiger partial charge < -0.3 is 10.1 Å². The third-order valence-electron chi connectivity index (χ3n) is 5.30. The van der Waals surface area contributed by atoms with E-state index in [2.05, 4.69) is 10.1 Å². The maximum Gasteiger partial charge on any atom is 0.328 e. The Morgan fingerprint density at radius 1 is 1.17 bits per heavy atom. The van der Waals surface area contributed by atoms with Crippen LogP contribution in [-0.4, -0.2) is 44.3 Å². The zero-order valence-corrected chi connectivity index (χ0v) is 18.1. The number of aryl methyl sites for hydroxylation is 1. The molecular weight excluding hydrogens is 404 g/mol. The number of amides is 1. The van der Waals surface area contributed by atoms with Crippen LogP contribution in [0.15, 0.2) is 53.4 Å². The number of hydrogen-bond acceptors (Lipinski definition) is 5. The second kappa shape index (κ2) is 8.97. The van der Waals surface area contributed by atoms with Crippen molar-refractivity contribution in [3.05, 3.63) is 65.2 Å². The van der Waals surface area contributed by atoms with Crippen molar-refractivity contribution in [1.29, 1.82) is 0 Å². The lowest BCUT2D eigenvalue weighted by Gasteiger charge is -2.36. The Morgan fingerprint density at radius 2 is 1.83 bits per heavy atom. The van der Waals surface area contributed by atoms with Crippen molar-refractivity contribution in [3.8, 4) is 0 Å². The highest BCUT2D eigenvalue weighted by molar-refractivity contribution is 7.89. The quantitative estimate of drug-likeness (QED) is 0.710. The summed E-state index contributed by atoms with van der Waals surface area (Å²) in [6, 6.07) is 12.7. The summed E-state index contributed by atoms with van der Waals surface area (Å²) in [5, 5.41) is 2.59. The van der Waals surface area contributed by atoms with Crippen molar-refractivity contribution in [1.82, 2.24) is 9.62 Å². The van der Waals surface area contributed by atoms with Crippen LogP contribution in [0.3, 0.4) is 0 Å². The molecule has 1 N–H and O–H groups in total.